The van der Waals surface area contributed by atoms with Gasteiger partial charge in [0, 0.05) is 49.1 Å². The van der Waals surface area contributed by atoms with Crippen molar-refractivity contribution in [2.75, 3.05) is 0 Å². The van der Waals surface area contributed by atoms with Gasteiger partial charge in [0.2, 0.25) is 16.9 Å². The van der Waals surface area contributed by atoms with Crippen molar-refractivity contribution in [2.24, 2.45) is 0 Å². The molecule has 0 saturated heterocycles. The first-order valence-electron chi connectivity index (χ1n) is 8.57. The SMILES string of the molecule is CC(C)n1ccc(=O)n2cc(-c3cn(C(C)C)n4ccnc4c3=O)nc12. The average molecular weight is 352 g/mol. The summed E-state index contributed by atoms with van der Waals surface area (Å²) in [5, 5.41) is 0. The predicted molar refractivity (Wildman–Crippen MR) is 98.7 cm³/mol. The van der Waals surface area contributed by atoms with Gasteiger partial charge >= 0.3 is 0 Å². The summed E-state index contributed by atoms with van der Waals surface area (Å²) in [7, 11) is 0. The Morgan fingerprint density at radius 2 is 1.77 bits per heavy atom. The van der Waals surface area contributed by atoms with E-state index in [9.17, 15) is 9.59 Å². The number of hydrogen-bond acceptors (Lipinski definition) is 4. The van der Waals surface area contributed by atoms with Gasteiger partial charge in [0.05, 0.1) is 11.3 Å². The zero-order valence-electron chi connectivity index (χ0n) is 15.1. The van der Waals surface area contributed by atoms with E-state index >= 15 is 0 Å². The van der Waals surface area contributed by atoms with Crippen molar-refractivity contribution in [1.82, 2.24) is 28.1 Å². The van der Waals surface area contributed by atoms with Crippen LogP contribution in [0.5, 0.6) is 0 Å². The molecule has 4 rings (SSSR count). The minimum absolute atomic E-state index is 0.124. The van der Waals surface area contributed by atoms with E-state index in [2.05, 4.69) is 9.97 Å². The monoisotopic (exact) mass is 352 g/mol. The predicted octanol–water partition coefficient (Wildman–Crippen LogP) is 2.13. The third-order valence-corrected chi connectivity index (χ3v) is 4.47. The maximum Gasteiger partial charge on any atom is 0.258 e. The first-order chi connectivity index (χ1) is 12.4. The number of hydrogen-bond donors (Lipinski definition) is 0. The number of imidazole rings is 2. The van der Waals surface area contributed by atoms with Gasteiger partial charge in [0.25, 0.3) is 5.56 Å². The van der Waals surface area contributed by atoms with E-state index in [1.165, 1.54) is 10.5 Å². The van der Waals surface area contributed by atoms with Crippen LogP contribution >= 0.6 is 0 Å². The standard InChI is InChI=1S/C18H20N6O2/c1-11(2)21-7-5-15(25)22-10-14(20-18(21)22)13-9-24(12(3)4)23-8-6-19-17(23)16(13)26/h5-12H,1-4H3. The van der Waals surface area contributed by atoms with Crippen LogP contribution in [0.25, 0.3) is 22.7 Å². The summed E-state index contributed by atoms with van der Waals surface area (Å²) in [6, 6.07) is 1.76. The van der Waals surface area contributed by atoms with E-state index in [1.807, 2.05) is 36.9 Å². The third kappa shape index (κ3) is 2.29. The van der Waals surface area contributed by atoms with Gasteiger partial charge in [-0.3, -0.25) is 18.7 Å². The first kappa shape index (κ1) is 16.3. The lowest BCUT2D eigenvalue weighted by atomic mass is 10.2. The van der Waals surface area contributed by atoms with Crippen LogP contribution in [0.15, 0.2) is 46.6 Å². The second kappa shape index (κ2) is 5.69. The molecule has 8 heteroatoms. The van der Waals surface area contributed by atoms with Gasteiger partial charge < -0.3 is 4.57 Å². The molecule has 0 radical (unpaired) electrons. The Hall–Kier alpha value is -3.16. The number of fused-ring (bicyclic) bond motifs is 2. The summed E-state index contributed by atoms with van der Waals surface area (Å²) in [6.45, 7) is 8.09. The smallest absolute Gasteiger partial charge is 0.258 e. The van der Waals surface area contributed by atoms with Crippen LogP contribution in [-0.2, 0) is 0 Å². The molecule has 0 aliphatic carbocycles. The molecule has 0 amide bonds. The zero-order valence-corrected chi connectivity index (χ0v) is 15.1. The maximum absolute atomic E-state index is 12.9. The maximum atomic E-state index is 12.9. The molecule has 0 aliphatic heterocycles. The van der Waals surface area contributed by atoms with Gasteiger partial charge in [0.15, 0.2) is 0 Å². The lowest BCUT2D eigenvalue weighted by Gasteiger charge is -2.15. The van der Waals surface area contributed by atoms with Crippen LogP contribution in [0, 0.1) is 0 Å². The van der Waals surface area contributed by atoms with Crippen molar-refractivity contribution >= 4 is 11.4 Å². The molecule has 4 heterocycles. The molecule has 0 spiro atoms. The van der Waals surface area contributed by atoms with Crippen molar-refractivity contribution in [2.45, 2.75) is 39.8 Å². The van der Waals surface area contributed by atoms with Crippen LogP contribution in [0.2, 0.25) is 0 Å². The quantitative estimate of drug-likeness (QED) is 0.566. The lowest BCUT2D eigenvalue weighted by molar-refractivity contribution is 0.495. The zero-order chi connectivity index (χ0) is 18.6. The van der Waals surface area contributed by atoms with Gasteiger partial charge in [-0.05, 0) is 27.7 Å². The van der Waals surface area contributed by atoms with Gasteiger partial charge in [-0.2, -0.15) is 0 Å². The minimum Gasteiger partial charge on any atom is -0.316 e. The molecule has 26 heavy (non-hydrogen) atoms. The van der Waals surface area contributed by atoms with E-state index in [-0.39, 0.29) is 23.1 Å². The summed E-state index contributed by atoms with van der Waals surface area (Å²) in [4.78, 5) is 33.9. The van der Waals surface area contributed by atoms with Crippen molar-refractivity contribution in [3.05, 3.63) is 57.6 Å². The summed E-state index contributed by atoms with van der Waals surface area (Å²) < 4.78 is 7.04. The number of nitrogens with zero attached hydrogens (tertiary/aromatic N) is 6. The Bertz CT molecular complexity index is 1240. The fourth-order valence-corrected chi connectivity index (χ4v) is 3.14. The van der Waals surface area contributed by atoms with Crippen LogP contribution in [-0.4, -0.2) is 28.1 Å². The molecule has 0 saturated carbocycles. The highest BCUT2D eigenvalue weighted by atomic mass is 16.1. The molecular formula is C18H20N6O2. The molecule has 0 N–H and O–H groups in total. The first-order valence-corrected chi connectivity index (χ1v) is 8.57. The van der Waals surface area contributed by atoms with E-state index in [0.29, 0.717) is 22.7 Å². The fraction of sp³-hybridized carbons (Fsp3) is 0.333. The average Bonchev–Trinajstić information content (AvgIpc) is 3.22. The molecule has 0 atom stereocenters. The van der Waals surface area contributed by atoms with E-state index in [0.717, 1.165) is 0 Å². The largest absolute Gasteiger partial charge is 0.316 e. The Kier molecular flexibility index (Phi) is 3.57. The molecule has 0 bridgehead atoms. The van der Waals surface area contributed by atoms with E-state index in [4.69, 9.17) is 0 Å². The van der Waals surface area contributed by atoms with Crippen molar-refractivity contribution < 1.29 is 0 Å². The number of rotatable bonds is 3. The van der Waals surface area contributed by atoms with Gasteiger partial charge in [-0.25, -0.2) is 14.5 Å². The Morgan fingerprint density at radius 1 is 1.00 bits per heavy atom. The molecule has 0 unspecified atom stereocenters. The van der Waals surface area contributed by atoms with Crippen LogP contribution in [0.1, 0.15) is 39.8 Å². The number of aromatic nitrogens is 6. The lowest BCUT2D eigenvalue weighted by Crippen LogP contribution is -2.19. The van der Waals surface area contributed by atoms with Gasteiger partial charge in [-0.15, -0.1) is 0 Å². The molecule has 4 aromatic heterocycles. The highest BCUT2D eigenvalue weighted by molar-refractivity contribution is 5.64. The molecule has 0 fully saturated rings. The molecule has 134 valence electrons. The van der Waals surface area contributed by atoms with Crippen LogP contribution in [0.4, 0.5) is 0 Å². The van der Waals surface area contributed by atoms with E-state index in [1.54, 1.807) is 35.5 Å². The molecule has 0 aliphatic rings. The summed E-state index contributed by atoms with van der Waals surface area (Å²) in [5.41, 5.74) is 0.844. The molecule has 8 nitrogen and oxygen atoms in total. The normalized spacial score (nSPS) is 12.1. The minimum atomic E-state index is -0.209. The fourth-order valence-electron chi connectivity index (χ4n) is 3.14. The van der Waals surface area contributed by atoms with Crippen molar-refractivity contribution in [3.8, 4) is 11.3 Å². The Morgan fingerprint density at radius 3 is 2.46 bits per heavy atom. The topological polar surface area (TPSA) is 78.6 Å². The summed E-state index contributed by atoms with van der Waals surface area (Å²) in [5.74, 6) is 0.515. The summed E-state index contributed by atoms with van der Waals surface area (Å²) in [6.07, 6.45) is 8.48. The molecule has 0 aromatic carbocycles. The Labute approximate surface area is 149 Å². The third-order valence-electron chi connectivity index (χ3n) is 4.47. The van der Waals surface area contributed by atoms with Crippen LogP contribution < -0.4 is 11.0 Å². The van der Waals surface area contributed by atoms with Crippen molar-refractivity contribution in [1.29, 1.82) is 0 Å². The van der Waals surface area contributed by atoms with E-state index < -0.39 is 0 Å². The van der Waals surface area contributed by atoms with Gasteiger partial charge in [-0.1, -0.05) is 0 Å². The highest BCUT2D eigenvalue weighted by Gasteiger charge is 2.17. The molecule has 4 aromatic rings. The highest BCUT2D eigenvalue weighted by Crippen LogP contribution is 2.19. The van der Waals surface area contributed by atoms with Gasteiger partial charge in [0.1, 0.15) is 0 Å². The second-order valence-electron chi connectivity index (χ2n) is 6.89. The second-order valence-corrected chi connectivity index (χ2v) is 6.89. The van der Waals surface area contributed by atoms with Crippen LogP contribution in [0.3, 0.4) is 0 Å². The molecular weight excluding hydrogens is 332 g/mol. The summed E-state index contributed by atoms with van der Waals surface area (Å²) >= 11 is 0. The van der Waals surface area contributed by atoms with Crippen molar-refractivity contribution in [3.63, 3.8) is 0 Å². The Balaban J connectivity index is 2.06.